The summed E-state index contributed by atoms with van der Waals surface area (Å²) in [4.78, 5) is 0. The summed E-state index contributed by atoms with van der Waals surface area (Å²) >= 11 is 3.50. The van der Waals surface area contributed by atoms with Gasteiger partial charge >= 0.3 is 0 Å². The van der Waals surface area contributed by atoms with Gasteiger partial charge in [-0.25, -0.2) is 4.39 Å². The van der Waals surface area contributed by atoms with E-state index in [1.807, 2.05) is 14.0 Å². The van der Waals surface area contributed by atoms with Crippen LogP contribution >= 0.6 is 15.9 Å². The van der Waals surface area contributed by atoms with Gasteiger partial charge in [-0.2, -0.15) is 5.10 Å². The van der Waals surface area contributed by atoms with Gasteiger partial charge in [0.05, 0.1) is 21.5 Å². The first-order valence-corrected chi connectivity index (χ1v) is 6.70. The van der Waals surface area contributed by atoms with E-state index in [2.05, 4.69) is 21.0 Å². The van der Waals surface area contributed by atoms with Crippen molar-refractivity contribution in [3.05, 3.63) is 39.9 Å². The molecule has 0 unspecified atom stereocenters. The van der Waals surface area contributed by atoms with Crippen molar-refractivity contribution in [3.63, 3.8) is 0 Å². The number of hydrogen-bond acceptors (Lipinski definition) is 3. The minimum Gasteiger partial charge on any atom is -0.487 e. The van der Waals surface area contributed by atoms with Gasteiger partial charge in [0, 0.05) is 13.1 Å². The van der Waals surface area contributed by atoms with Crippen LogP contribution in [0.25, 0.3) is 0 Å². The van der Waals surface area contributed by atoms with Crippen molar-refractivity contribution in [2.45, 2.75) is 20.0 Å². The highest BCUT2D eigenvalue weighted by Crippen LogP contribution is 2.24. The molecule has 0 aliphatic carbocycles. The summed E-state index contributed by atoms with van der Waals surface area (Å²) in [5.74, 6) is -0.0336. The van der Waals surface area contributed by atoms with Crippen molar-refractivity contribution >= 4 is 21.6 Å². The Hall–Kier alpha value is -1.56. The Labute approximate surface area is 119 Å². The molecule has 0 amide bonds. The Morgan fingerprint density at radius 3 is 2.79 bits per heavy atom. The lowest BCUT2D eigenvalue weighted by Gasteiger charge is -2.08. The highest BCUT2D eigenvalue weighted by molar-refractivity contribution is 9.10. The van der Waals surface area contributed by atoms with Crippen LogP contribution < -0.4 is 10.5 Å². The van der Waals surface area contributed by atoms with Gasteiger partial charge in [0.1, 0.15) is 18.2 Å². The average molecular weight is 328 g/mol. The van der Waals surface area contributed by atoms with Crippen LogP contribution in [0.1, 0.15) is 18.3 Å². The second-order valence-electron chi connectivity index (χ2n) is 4.16. The van der Waals surface area contributed by atoms with Gasteiger partial charge in [0.2, 0.25) is 0 Å². The molecule has 0 spiro atoms. The predicted octanol–water partition coefficient (Wildman–Crippen LogP) is 3.05. The fourth-order valence-corrected chi connectivity index (χ4v) is 2.46. The number of halogens is 2. The van der Waals surface area contributed by atoms with Gasteiger partial charge in [-0.15, -0.1) is 0 Å². The minimum atomic E-state index is -0.476. The van der Waals surface area contributed by atoms with Crippen LogP contribution in [0.15, 0.2) is 22.7 Å². The third-order valence-electron chi connectivity index (χ3n) is 2.85. The lowest BCUT2D eigenvalue weighted by molar-refractivity contribution is 0.292. The molecule has 0 aliphatic rings. The zero-order valence-corrected chi connectivity index (χ0v) is 12.4. The summed E-state index contributed by atoms with van der Waals surface area (Å²) in [5.41, 5.74) is 7.41. The minimum absolute atomic E-state index is 0.113. The van der Waals surface area contributed by atoms with E-state index >= 15 is 0 Å². The number of nitrogens with zero attached hydrogens (tertiary/aromatic N) is 2. The summed E-state index contributed by atoms with van der Waals surface area (Å²) in [6.45, 7) is 2.35. The maximum Gasteiger partial charge on any atom is 0.149 e. The fourth-order valence-electron chi connectivity index (χ4n) is 1.73. The third kappa shape index (κ3) is 2.89. The first kappa shape index (κ1) is 13.9. The van der Waals surface area contributed by atoms with Crippen LogP contribution in [-0.4, -0.2) is 9.78 Å². The van der Waals surface area contributed by atoms with Crippen molar-refractivity contribution in [1.82, 2.24) is 9.78 Å². The molecule has 0 radical (unpaired) electrons. The zero-order chi connectivity index (χ0) is 14.0. The summed E-state index contributed by atoms with van der Waals surface area (Å²) < 4.78 is 21.6. The maximum atomic E-state index is 13.3. The Morgan fingerprint density at radius 2 is 2.21 bits per heavy atom. The molecule has 0 saturated heterocycles. The van der Waals surface area contributed by atoms with Crippen LogP contribution in [-0.2, 0) is 20.1 Å². The lowest BCUT2D eigenvalue weighted by Crippen LogP contribution is -2.04. The van der Waals surface area contributed by atoms with E-state index in [9.17, 15) is 4.39 Å². The largest absolute Gasteiger partial charge is 0.487 e. The molecule has 0 fully saturated rings. The number of nitrogens with two attached hydrogens (primary N) is 1. The summed E-state index contributed by atoms with van der Waals surface area (Å²) in [6.07, 6.45) is 0.838. The highest BCUT2D eigenvalue weighted by Gasteiger charge is 2.13. The molecule has 0 bridgehead atoms. The van der Waals surface area contributed by atoms with E-state index in [-0.39, 0.29) is 5.69 Å². The molecule has 1 aromatic carbocycles. The van der Waals surface area contributed by atoms with Gasteiger partial charge in [0.15, 0.2) is 0 Å². The molecule has 4 nitrogen and oxygen atoms in total. The van der Waals surface area contributed by atoms with Gasteiger partial charge in [-0.05, 0) is 34.5 Å². The number of benzene rings is 1. The Bertz CT molecular complexity index is 598. The monoisotopic (exact) mass is 327 g/mol. The van der Waals surface area contributed by atoms with Crippen molar-refractivity contribution in [2.24, 2.45) is 7.05 Å². The van der Waals surface area contributed by atoms with Crippen LogP contribution in [0, 0.1) is 5.82 Å². The molecule has 19 heavy (non-hydrogen) atoms. The van der Waals surface area contributed by atoms with Gasteiger partial charge in [0.25, 0.3) is 0 Å². The molecular weight excluding hydrogens is 313 g/mol. The Morgan fingerprint density at radius 1 is 1.47 bits per heavy atom. The van der Waals surface area contributed by atoms with E-state index in [0.29, 0.717) is 12.4 Å². The number of nitrogen functional groups attached to an aromatic ring is 1. The quantitative estimate of drug-likeness (QED) is 0.878. The Balaban J connectivity index is 2.14. The van der Waals surface area contributed by atoms with Crippen LogP contribution in [0.4, 0.5) is 10.1 Å². The number of aromatic nitrogens is 2. The third-order valence-corrected chi connectivity index (χ3v) is 3.77. The molecule has 2 aromatic rings. The van der Waals surface area contributed by atoms with Crippen molar-refractivity contribution in [1.29, 1.82) is 0 Å². The zero-order valence-electron chi connectivity index (χ0n) is 10.8. The number of ether oxygens (including phenoxy) is 1. The number of anilines is 1. The Kier molecular flexibility index (Phi) is 4.09. The van der Waals surface area contributed by atoms with Crippen LogP contribution in [0.3, 0.4) is 0 Å². The first-order valence-electron chi connectivity index (χ1n) is 5.91. The van der Waals surface area contributed by atoms with Gasteiger partial charge < -0.3 is 10.5 Å². The topological polar surface area (TPSA) is 53.1 Å². The second-order valence-corrected chi connectivity index (χ2v) is 4.95. The molecular formula is C13H15BrFN3O. The molecule has 2 N–H and O–H groups in total. The fraction of sp³-hybridized carbons (Fsp3) is 0.308. The number of rotatable bonds is 4. The maximum absolute atomic E-state index is 13.3. The van der Waals surface area contributed by atoms with Gasteiger partial charge in [-0.1, -0.05) is 6.92 Å². The summed E-state index contributed by atoms with van der Waals surface area (Å²) in [5, 5.41) is 4.37. The van der Waals surface area contributed by atoms with E-state index < -0.39 is 5.82 Å². The van der Waals surface area contributed by atoms with E-state index in [4.69, 9.17) is 10.5 Å². The van der Waals surface area contributed by atoms with Crippen molar-refractivity contribution in [2.75, 3.05) is 5.73 Å². The molecule has 102 valence electrons. The normalized spacial score (nSPS) is 10.7. The first-order chi connectivity index (χ1) is 9.02. The van der Waals surface area contributed by atoms with E-state index in [0.717, 1.165) is 22.3 Å². The molecule has 1 heterocycles. The van der Waals surface area contributed by atoms with Crippen LogP contribution in [0.5, 0.6) is 5.75 Å². The molecule has 0 aliphatic heterocycles. The lowest BCUT2D eigenvalue weighted by atomic mass is 10.3. The van der Waals surface area contributed by atoms with Crippen molar-refractivity contribution in [3.8, 4) is 5.75 Å². The molecule has 2 rings (SSSR count). The average Bonchev–Trinajstić information content (AvgIpc) is 2.66. The smallest absolute Gasteiger partial charge is 0.149 e. The molecule has 0 saturated carbocycles. The standard InChI is InChI=1S/C13H15BrFN3O/c1-3-11-13(14)12(18(2)17-11)7-19-8-4-5-10(16)9(15)6-8/h4-6H,3,7,16H2,1-2H3. The van der Waals surface area contributed by atoms with E-state index in [1.54, 1.807) is 10.7 Å². The van der Waals surface area contributed by atoms with Gasteiger partial charge in [-0.3, -0.25) is 4.68 Å². The molecule has 1 aromatic heterocycles. The predicted molar refractivity (Wildman–Crippen MR) is 75.4 cm³/mol. The second kappa shape index (κ2) is 5.61. The van der Waals surface area contributed by atoms with E-state index in [1.165, 1.54) is 12.1 Å². The molecule has 0 atom stereocenters. The van der Waals surface area contributed by atoms with Crippen molar-refractivity contribution < 1.29 is 9.13 Å². The number of aryl methyl sites for hydroxylation is 2. The summed E-state index contributed by atoms with van der Waals surface area (Å²) in [6, 6.07) is 4.41. The summed E-state index contributed by atoms with van der Waals surface area (Å²) in [7, 11) is 1.85. The SMILES string of the molecule is CCc1nn(C)c(COc2ccc(N)c(F)c2)c1Br. The number of hydrogen-bond donors (Lipinski definition) is 1. The molecule has 6 heteroatoms. The highest BCUT2D eigenvalue weighted by atomic mass is 79.9. The van der Waals surface area contributed by atoms with Crippen LogP contribution in [0.2, 0.25) is 0 Å².